The molecule has 1 aliphatic heterocycles. The van der Waals surface area contributed by atoms with E-state index in [1.807, 2.05) is 4.90 Å². The first-order valence-corrected chi connectivity index (χ1v) is 6.63. The average Bonchev–Trinajstić information content (AvgIpc) is 2.75. The molecule has 1 heterocycles. The molecule has 1 atom stereocenters. The fourth-order valence-corrected chi connectivity index (χ4v) is 2.31. The number of carboxylic acid groups (broad SMARTS) is 1. The fraction of sp³-hybridized carbons (Fsp3) is 0.846. The van der Waals surface area contributed by atoms with Crippen LogP contribution in [0.25, 0.3) is 0 Å². The van der Waals surface area contributed by atoms with Gasteiger partial charge in [-0.1, -0.05) is 19.8 Å². The van der Waals surface area contributed by atoms with Crippen molar-refractivity contribution in [3.05, 3.63) is 0 Å². The summed E-state index contributed by atoms with van der Waals surface area (Å²) in [5.41, 5.74) is 0. The van der Waals surface area contributed by atoms with Crippen molar-refractivity contribution in [3.63, 3.8) is 0 Å². The molecular formula is C13H23NO3. The highest BCUT2D eigenvalue weighted by molar-refractivity contribution is 5.76. The topological polar surface area (TPSA) is 57.6 Å². The van der Waals surface area contributed by atoms with E-state index in [0.29, 0.717) is 18.8 Å². The summed E-state index contributed by atoms with van der Waals surface area (Å²) in [4.78, 5) is 24.2. The van der Waals surface area contributed by atoms with E-state index in [-0.39, 0.29) is 12.3 Å². The Kier molecular flexibility index (Phi) is 6.01. The van der Waals surface area contributed by atoms with E-state index < -0.39 is 5.97 Å². The Morgan fingerprint density at radius 1 is 1.29 bits per heavy atom. The van der Waals surface area contributed by atoms with Crippen molar-refractivity contribution in [1.29, 1.82) is 0 Å². The van der Waals surface area contributed by atoms with Gasteiger partial charge >= 0.3 is 5.97 Å². The molecular weight excluding hydrogens is 218 g/mol. The molecule has 0 radical (unpaired) electrons. The highest BCUT2D eigenvalue weighted by Crippen LogP contribution is 2.22. The van der Waals surface area contributed by atoms with E-state index >= 15 is 0 Å². The van der Waals surface area contributed by atoms with Crippen LogP contribution in [-0.4, -0.2) is 35.0 Å². The van der Waals surface area contributed by atoms with Gasteiger partial charge in [-0.25, -0.2) is 0 Å². The van der Waals surface area contributed by atoms with Crippen molar-refractivity contribution in [1.82, 2.24) is 4.90 Å². The molecule has 0 aromatic heterocycles. The van der Waals surface area contributed by atoms with Crippen LogP contribution < -0.4 is 0 Å². The Hall–Kier alpha value is -1.06. The number of amides is 1. The second kappa shape index (κ2) is 7.30. The Bertz CT molecular complexity index is 265. The number of carbonyl (C=O) groups is 2. The predicted octanol–water partition coefficient (Wildman–Crippen LogP) is 2.28. The van der Waals surface area contributed by atoms with Crippen LogP contribution >= 0.6 is 0 Å². The number of nitrogens with zero attached hydrogens (tertiary/aromatic N) is 1. The number of hydrogen-bond acceptors (Lipinski definition) is 2. The van der Waals surface area contributed by atoms with Crippen molar-refractivity contribution in [2.75, 3.05) is 13.1 Å². The van der Waals surface area contributed by atoms with E-state index in [1.54, 1.807) is 0 Å². The van der Waals surface area contributed by atoms with Crippen LogP contribution in [0.3, 0.4) is 0 Å². The third-order valence-electron chi connectivity index (χ3n) is 3.40. The first-order chi connectivity index (χ1) is 8.13. The quantitative estimate of drug-likeness (QED) is 0.696. The molecule has 1 amide bonds. The van der Waals surface area contributed by atoms with E-state index in [0.717, 1.165) is 38.8 Å². The Morgan fingerprint density at radius 3 is 2.71 bits per heavy atom. The van der Waals surface area contributed by atoms with Gasteiger partial charge in [0.15, 0.2) is 0 Å². The third-order valence-corrected chi connectivity index (χ3v) is 3.40. The van der Waals surface area contributed by atoms with Gasteiger partial charge in [0, 0.05) is 25.9 Å². The number of rotatable bonds is 7. The molecule has 4 nitrogen and oxygen atoms in total. The zero-order valence-corrected chi connectivity index (χ0v) is 10.7. The molecule has 1 N–H and O–H groups in total. The van der Waals surface area contributed by atoms with Crippen LogP contribution in [0.5, 0.6) is 0 Å². The van der Waals surface area contributed by atoms with Gasteiger partial charge in [-0.3, -0.25) is 9.59 Å². The maximum absolute atomic E-state index is 11.8. The predicted molar refractivity (Wildman–Crippen MR) is 65.7 cm³/mol. The number of carboxylic acids is 1. The summed E-state index contributed by atoms with van der Waals surface area (Å²) in [7, 11) is 0. The van der Waals surface area contributed by atoms with E-state index in [1.165, 1.54) is 0 Å². The number of aliphatic carboxylic acids is 1. The molecule has 1 fully saturated rings. The number of unbranched alkanes of at least 4 members (excludes halogenated alkanes) is 2. The molecule has 1 rings (SSSR count). The number of carbonyl (C=O) groups excluding carboxylic acids is 1. The Balaban J connectivity index is 2.20. The summed E-state index contributed by atoms with van der Waals surface area (Å²) in [5, 5.41) is 8.61. The lowest BCUT2D eigenvalue weighted by atomic mass is 10.0. The second-order valence-corrected chi connectivity index (χ2v) is 4.88. The third kappa shape index (κ3) is 5.20. The van der Waals surface area contributed by atoms with E-state index in [2.05, 4.69) is 6.92 Å². The summed E-state index contributed by atoms with van der Waals surface area (Å²) in [6, 6.07) is 0. The summed E-state index contributed by atoms with van der Waals surface area (Å²) in [5.74, 6) is -0.102. The van der Waals surface area contributed by atoms with Gasteiger partial charge in [0.2, 0.25) is 5.91 Å². The lowest BCUT2D eigenvalue weighted by Crippen LogP contribution is -2.28. The lowest BCUT2D eigenvalue weighted by molar-refractivity contribution is -0.137. The fourth-order valence-electron chi connectivity index (χ4n) is 2.31. The SMILES string of the molecule is CCCCCC(=O)N1CCC(CCC(=O)O)C1. The van der Waals surface area contributed by atoms with Gasteiger partial charge in [0.25, 0.3) is 0 Å². The van der Waals surface area contributed by atoms with Crippen LogP contribution in [-0.2, 0) is 9.59 Å². The second-order valence-electron chi connectivity index (χ2n) is 4.88. The first-order valence-electron chi connectivity index (χ1n) is 6.63. The van der Waals surface area contributed by atoms with Gasteiger partial charge in [0.05, 0.1) is 0 Å². The lowest BCUT2D eigenvalue weighted by Gasteiger charge is -2.16. The molecule has 0 spiro atoms. The standard InChI is InChI=1S/C13H23NO3/c1-2-3-4-5-12(15)14-9-8-11(10-14)6-7-13(16)17/h11H,2-10H2,1H3,(H,16,17). The maximum atomic E-state index is 11.8. The smallest absolute Gasteiger partial charge is 0.303 e. The van der Waals surface area contributed by atoms with Crippen molar-refractivity contribution >= 4 is 11.9 Å². The minimum absolute atomic E-state index is 0.225. The monoisotopic (exact) mass is 241 g/mol. The van der Waals surface area contributed by atoms with Gasteiger partial charge in [-0.15, -0.1) is 0 Å². The summed E-state index contributed by atoms with van der Waals surface area (Å²) in [6.07, 6.45) is 5.77. The molecule has 1 unspecified atom stereocenters. The van der Waals surface area contributed by atoms with Gasteiger partial charge in [0.1, 0.15) is 0 Å². The summed E-state index contributed by atoms with van der Waals surface area (Å²) in [6.45, 7) is 3.70. The maximum Gasteiger partial charge on any atom is 0.303 e. The first kappa shape index (κ1) is 14.0. The Morgan fingerprint density at radius 2 is 2.06 bits per heavy atom. The van der Waals surface area contributed by atoms with Crippen molar-refractivity contribution in [2.45, 2.75) is 51.9 Å². The molecule has 0 bridgehead atoms. The van der Waals surface area contributed by atoms with Gasteiger partial charge in [-0.05, 0) is 25.2 Å². The van der Waals surface area contributed by atoms with E-state index in [4.69, 9.17) is 5.11 Å². The molecule has 0 aromatic rings. The molecule has 17 heavy (non-hydrogen) atoms. The Labute approximate surface area is 103 Å². The molecule has 1 aliphatic rings. The molecule has 0 saturated carbocycles. The van der Waals surface area contributed by atoms with Crippen molar-refractivity contribution < 1.29 is 14.7 Å². The number of likely N-dealkylation sites (tertiary alicyclic amines) is 1. The largest absolute Gasteiger partial charge is 0.481 e. The van der Waals surface area contributed by atoms with Crippen LogP contribution in [0.2, 0.25) is 0 Å². The van der Waals surface area contributed by atoms with Crippen LogP contribution in [0, 0.1) is 5.92 Å². The highest BCUT2D eigenvalue weighted by Gasteiger charge is 2.25. The minimum Gasteiger partial charge on any atom is -0.481 e. The van der Waals surface area contributed by atoms with Crippen LogP contribution in [0.4, 0.5) is 0 Å². The molecule has 4 heteroatoms. The molecule has 98 valence electrons. The zero-order chi connectivity index (χ0) is 12.7. The van der Waals surface area contributed by atoms with Crippen molar-refractivity contribution in [3.8, 4) is 0 Å². The van der Waals surface area contributed by atoms with Crippen molar-refractivity contribution in [2.24, 2.45) is 5.92 Å². The minimum atomic E-state index is -0.738. The zero-order valence-electron chi connectivity index (χ0n) is 10.7. The van der Waals surface area contributed by atoms with Gasteiger partial charge < -0.3 is 10.0 Å². The summed E-state index contributed by atoms with van der Waals surface area (Å²) >= 11 is 0. The van der Waals surface area contributed by atoms with Crippen LogP contribution in [0.15, 0.2) is 0 Å². The van der Waals surface area contributed by atoms with Gasteiger partial charge in [-0.2, -0.15) is 0 Å². The normalized spacial score (nSPS) is 19.6. The molecule has 0 aliphatic carbocycles. The molecule has 0 aromatic carbocycles. The van der Waals surface area contributed by atoms with Crippen LogP contribution in [0.1, 0.15) is 51.9 Å². The summed E-state index contributed by atoms with van der Waals surface area (Å²) < 4.78 is 0. The van der Waals surface area contributed by atoms with E-state index in [9.17, 15) is 9.59 Å². The number of hydrogen-bond donors (Lipinski definition) is 1. The highest BCUT2D eigenvalue weighted by atomic mass is 16.4. The molecule has 1 saturated heterocycles. The average molecular weight is 241 g/mol.